The largest absolute Gasteiger partial charge is 0.381 e. The van der Waals surface area contributed by atoms with Crippen LogP contribution in [0.15, 0.2) is 0 Å². The van der Waals surface area contributed by atoms with Gasteiger partial charge < -0.3 is 15.0 Å². The molecule has 5 heteroatoms. The first-order chi connectivity index (χ1) is 8.74. The van der Waals surface area contributed by atoms with E-state index in [1.165, 1.54) is 0 Å². The fraction of sp³-hybridized carbons (Fsp3) is 0.846. The third kappa shape index (κ3) is 2.51. The Hall–Kier alpha value is -1.10. The second kappa shape index (κ2) is 4.88. The predicted molar refractivity (Wildman–Crippen MR) is 64.8 cm³/mol. The molecule has 3 rings (SSSR count). The van der Waals surface area contributed by atoms with Crippen molar-refractivity contribution in [1.82, 2.24) is 10.2 Å². The second-order valence-electron chi connectivity index (χ2n) is 5.65. The molecular formula is C13H20N2O3. The SMILES string of the molecule is O=C1CCN(CC2CCOC2)C(=O)C(C2CC2)N1. The van der Waals surface area contributed by atoms with E-state index in [4.69, 9.17) is 4.74 Å². The predicted octanol–water partition coefficient (Wildman–Crippen LogP) is 0.150. The van der Waals surface area contributed by atoms with Gasteiger partial charge in [-0.2, -0.15) is 0 Å². The smallest absolute Gasteiger partial charge is 0.245 e. The van der Waals surface area contributed by atoms with Crippen LogP contribution in [0.5, 0.6) is 0 Å². The zero-order valence-electron chi connectivity index (χ0n) is 10.6. The molecule has 0 aromatic carbocycles. The van der Waals surface area contributed by atoms with Crippen molar-refractivity contribution < 1.29 is 14.3 Å². The summed E-state index contributed by atoms with van der Waals surface area (Å²) in [5, 5.41) is 2.88. The summed E-state index contributed by atoms with van der Waals surface area (Å²) in [6, 6.07) is -0.262. The van der Waals surface area contributed by atoms with E-state index in [1.54, 1.807) is 0 Å². The fourth-order valence-electron chi connectivity index (χ4n) is 2.82. The number of nitrogens with one attached hydrogen (secondary N) is 1. The van der Waals surface area contributed by atoms with Gasteiger partial charge in [-0.15, -0.1) is 0 Å². The number of ether oxygens (including phenoxy) is 1. The molecule has 0 aromatic heterocycles. The van der Waals surface area contributed by atoms with Gasteiger partial charge in [-0.25, -0.2) is 0 Å². The molecule has 5 nitrogen and oxygen atoms in total. The molecule has 2 unspecified atom stereocenters. The van der Waals surface area contributed by atoms with Crippen molar-refractivity contribution in [2.24, 2.45) is 11.8 Å². The number of hydrogen-bond acceptors (Lipinski definition) is 3. The van der Waals surface area contributed by atoms with Gasteiger partial charge in [0.05, 0.1) is 6.61 Å². The maximum atomic E-state index is 12.4. The van der Waals surface area contributed by atoms with E-state index < -0.39 is 0 Å². The van der Waals surface area contributed by atoms with Crippen molar-refractivity contribution in [1.29, 1.82) is 0 Å². The Morgan fingerprint density at radius 2 is 2.11 bits per heavy atom. The van der Waals surface area contributed by atoms with Gasteiger partial charge in [-0.05, 0) is 25.2 Å². The maximum absolute atomic E-state index is 12.4. The third-order valence-electron chi connectivity index (χ3n) is 4.10. The molecule has 2 saturated heterocycles. The summed E-state index contributed by atoms with van der Waals surface area (Å²) >= 11 is 0. The molecule has 1 N–H and O–H groups in total. The van der Waals surface area contributed by atoms with E-state index in [-0.39, 0.29) is 17.9 Å². The average molecular weight is 252 g/mol. The van der Waals surface area contributed by atoms with Crippen LogP contribution in [0.25, 0.3) is 0 Å². The molecule has 100 valence electrons. The van der Waals surface area contributed by atoms with Gasteiger partial charge in [0.25, 0.3) is 0 Å². The fourth-order valence-corrected chi connectivity index (χ4v) is 2.82. The molecule has 18 heavy (non-hydrogen) atoms. The first kappa shape index (κ1) is 12.0. The lowest BCUT2D eigenvalue weighted by molar-refractivity contribution is -0.134. The van der Waals surface area contributed by atoms with Crippen LogP contribution in [-0.2, 0) is 14.3 Å². The zero-order valence-corrected chi connectivity index (χ0v) is 10.6. The lowest BCUT2D eigenvalue weighted by atomic mass is 10.1. The van der Waals surface area contributed by atoms with E-state index in [9.17, 15) is 9.59 Å². The van der Waals surface area contributed by atoms with E-state index in [2.05, 4.69) is 5.32 Å². The van der Waals surface area contributed by atoms with E-state index >= 15 is 0 Å². The lowest BCUT2D eigenvalue weighted by Crippen LogP contribution is -2.47. The monoisotopic (exact) mass is 252 g/mol. The van der Waals surface area contributed by atoms with Crippen molar-refractivity contribution in [3.63, 3.8) is 0 Å². The summed E-state index contributed by atoms with van der Waals surface area (Å²) in [4.78, 5) is 25.9. The number of rotatable bonds is 3. The summed E-state index contributed by atoms with van der Waals surface area (Å²) < 4.78 is 5.35. The Bertz CT molecular complexity index is 348. The topological polar surface area (TPSA) is 58.6 Å². The molecule has 0 bridgehead atoms. The molecule has 3 aliphatic rings. The summed E-state index contributed by atoms with van der Waals surface area (Å²) in [6.07, 6.45) is 3.59. The minimum absolute atomic E-state index is 0.0189. The van der Waals surface area contributed by atoms with Crippen LogP contribution in [0.1, 0.15) is 25.7 Å². The van der Waals surface area contributed by atoms with Gasteiger partial charge in [0.2, 0.25) is 11.8 Å². The highest BCUT2D eigenvalue weighted by atomic mass is 16.5. The normalized spacial score (nSPS) is 33.4. The van der Waals surface area contributed by atoms with Gasteiger partial charge in [-0.3, -0.25) is 9.59 Å². The van der Waals surface area contributed by atoms with Crippen LogP contribution in [0.3, 0.4) is 0 Å². The summed E-state index contributed by atoms with van der Waals surface area (Å²) in [7, 11) is 0. The summed E-state index contributed by atoms with van der Waals surface area (Å²) in [5.41, 5.74) is 0. The highest BCUT2D eigenvalue weighted by Crippen LogP contribution is 2.34. The molecule has 2 amide bonds. The first-order valence-electron chi connectivity index (χ1n) is 6.90. The van der Waals surface area contributed by atoms with Crippen LogP contribution in [0, 0.1) is 11.8 Å². The van der Waals surface area contributed by atoms with E-state index in [0.717, 1.165) is 39.0 Å². The number of hydrogen-bond donors (Lipinski definition) is 1. The molecule has 3 fully saturated rings. The molecule has 2 atom stereocenters. The molecule has 0 spiro atoms. The van der Waals surface area contributed by atoms with Crippen LogP contribution in [-0.4, -0.2) is 49.1 Å². The third-order valence-corrected chi connectivity index (χ3v) is 4.10. The van der Waals surface area contributed by atoms with Gasteiger partial charge in [0.1, 0.15) is 6.04 Å². The minimum Gasteiger partial charge on any atom is -0.381 e. The Balaban J connectivity index is 1.67. The Morgan fingerprint density at radius 3 is 2.78 bits per heavy atom. The lowest BCUT2D eigenvalue weighted by Gasteiger charge is -2.26. The molecule has 2 aliphatic heterocycles. The zero-order chi connectivity index (χ0) is 12.5. The number of nitrogens with zero attached hydrogens (tertiary/aromatic N) is 1. The van der Waals surface area contributed by atoms with E-state index in [1.807, 2.05) is 4.90 Å². The summed E-state index contributed by atoms with van der Waals surface area (Å²) in [6.45, 7) is 2.86. The average Bonchev–Trinajstić information content (AvgIpc) is 3.09. The number of carbonyl (C=O) groups is 2. The number of carbonyl (C=O) groups excluding carboxylic acids is 2. The molecule has 1 saturated carbocycles. The van der Waals surface area contributed by atoms with Crippen LogP contribution in [0.4, 0.5) is 0 Å². The Labute approximate surface area is 107 Å². The first-order valence-corrected chi connectivity index (χ1v) is 6.90. The summed E-state index contributed by atoms with van der Waals surface area (Å²) in [5.74, 6) is 0.963. The van der Waals surface area contributed by atoms with Crippen molar-refractivity contribution in [3.8, 4) is 0 Å². The standard InChI is InChI=1S/C13H20N2O3/c16-11-3-5-15(7-9-4-6-18-8-9)13(17)12(14-11)10-1-2-10/h9-10,12H,1-8H2,(H,14,16). The van der Waals surface area contributed by atoms with Crippen molar-refractivity contribution in [2.75, 3.05) is 26.3 Å². The minimum atomic E-state index is -0.262. The molecular weight excluding hydrogens is 232 g/mol. The molecule has 2 heterocycles. The van der Waals surface area contributed by atoms with Crippen LogP contribution >= 0.6 is 0 Å². The quantitative estimate of drug-likeness (QED) is 0.778. The highest BCUT2D eigenvalue weighted by Gasteiger charge is 2.41. The Kier molecular flexibility index (Phi) is 3.24. The van der Waals surface area contributed by atoms with E-state index in [0.29, 0.717) is 24.8 Å². The van der Waals surface area contributed by atoms with Crippen molar-refractivity contribution in [2.45, 2.75) is 31.7 Å². The van der Waals surface area contributed by atoms with Crippen molar-refractivity contribution >= 4 is 11.8 Å². The Morgan fingerprint density at radius 1 is 1.28 bits per heavy atom. The molecule has 0 aromatic rings. The maximum Gasteiger partial charge on any atom is 0.245 e. The van der Waals surface area contributed by atoms with Crippen LogP contribution in [0.2, 0.25) is 0 Å². The van der Waals surface area contributed by atoms with Gasteiger partial charge in [-0.1, -0.05) is 0 Å². The molecule has 0 radical (unpaired) electrons. The van der Waals surface area contributed by atoms with Crippen molar-refractivity contribution in [3.05, 3.63) is 0 Å². The number of amides is 2. The highest BCUT2D eigenvalue weighted by molar-refractivity contribution is 5.90. The molecule has 1 aliphatic carbocycles. The van der Waals surface area contributed by atoms with Gasteiger partial charge in [0, 0.05) is 32.0 Å². The van der Waals surface area contributed by atoms with Crippen LogP contribution < -0.4 is 5.32 Å². The van der Waals surface area contributed by atoms with Gasteiger partial charge >= 0.3 is 0 Å². The van der Waals surface area contributed by atoms with Gasteiger partial charge in [0.15, 0.2) is 0 Å². The second-order valence-corrected chi connectivity index (χ2v) is 5.65.